The van der Waals surface area contributed by atoms with Crippen molar-refractivity contribution in [1.82, 2.24) is 0 Å². The third-order valence-corrected chi connectivity index (χ3v) is 3.77. The molecule has 3 heteroatoms. The molecule has 1 fully saturated rings. The van der Waals surface area contributed by atoms with Crippen molar-refractivity contribution >= 4 is 10.8 Å². The fourth-order valence-electron chi connectivity index (χ4n) is 1.27. The van der Waals surface area contributed by atoms with Crippen LogP contribution in [-0.4, -0.2) is 28.4 Å². The Morgan fingerprint density at radius 3 is 2.75 bits per heavy atom. The highest BCUT2D eigenvalue weighted by atomic mass is 32.2. The van der Waals surface area contributed by atoms with Crippen molar-refractivity contribution in [2.75, 3.05) is 19.0 Å². The third-order valence-electron chi connectivity index (χ3n) is 2.04. The van der Waals surface area contributed by atoms with Gasteiger partial charge in [-0.3, -0.25) is 4.21 Å². The maximum absolute atomic E-state index is 11.6. The fraction of sp³-hybridized carbons (Fsp3) is 0.778. The molecule has 2 nitrogen and oxygen atoms in total. The lowest BCUT2D eigenvalue weighted by Gasteiger charge is -2.20. The second-order valence-electron chi connectivity index (χ2n) is 2.93. The van der Waals surface area contributed by atoms with E-state index in [0.717, 1.165) is 26.1 Å². The minimum Gasteiger partial charge on any atom is -0.381 e. The van der Waals surface area contributed by atoms with Crippen LogP contribution in [0.2, 0.25) is 0 Å². The van der Waals surface area contributed by atoms with E-state index in [9.17, 15) is 4.21 Å². The molecular weight excluding hydrogens is 172 g/mol. The minimum absolute atomic E-state index is 0.370. The number of allylic oxidation sites excluding steroid dienone is 1. The van der Waals surface area contributed by atoms with Gasteiger partial charge in [-0.1, -0.05) is 12.2 Å². The summed E-state index contributed by atoms with van der Waals surface area (Å²) in [6.07, 6.45) is 5.86. The summed E-state index contributed by atoms with van der Waals surface area (Å²) in [4.78, 5) is 0. The standard InChI is InChI=1S/C9H16O2S/c1-2-3-8-12(10)9-4-6-11-7-5-9/h2-3,9H,4-8H2,1H3/b3-2+. The molecule has 1 aliphatic rings. The van der Waals surface area contributed by atoms with Crippen LogP contribution < -0.4 is 0 Å². The average Bonchev–Trinajstić information content (AvgIpc) is 2.15. The Hall–Kier alpha value is -0.150. The summed E-state index contributed by atoms with van der Waals surface area (Å²) in [5.41, 5.74) is 0. The van der Waals surface area contributed by atoms with Crippen LogP contribution in [0.1, 0.15) is 19.8 Å². The van der Waals surface area contributed by atoms with Crippen LogP contribution >= 0.6 is 0 Å². The van der Waals surface area contributed by atoms with Gasteiger partial charge in [0.1, 0.15) is 0 Å². The van der Waals surface area contributed by atoms with E-state index in [-0.39, 0.29) is 0 Å². The van der Waals surface area contributed by atoms with Gasteiger partial charge in [0.05, 0.1) is 0 Å². The van der Waals surface area contributed by atoms with Gasteiger partial charge in [0.25, 0.3) is 0 Å². The normalized spacial score (nSPS) is 23.1. The molecule has 0 aromatic heterocycles. The Morgan fingerprint density at radius 1 is 1.50 bits per heavy atom. The van der Waals surface area contributed by atoms with Gasteiger partial charge in [-0.2, -0.15) is 0 Å². The van der Waals surface area contributed by atoms with Crippen LogP contribution in [0.15, 0.2) is 12.2 Å². The average molecular weight is 188 g/mol. The third kappa shape index (κ3) is 3.07. The van der Waals surface area contributed by atoms with Crippen molar-refractivity contribution in [3.05, 3.63) is 12.2 Å². The molecule has 1 heterocycles. The van der Waals surface area contributed by atoms with Gasteiger partial charge in [0.2, 0.25) is 0 Å². The molecule has 12 heavy (non-hydrogen) atoms. The second kappa shape index (κ2) is 5.49. The van der Waals surface area contributed by atoms with Crippen molar-refractivity contribution in [1.29, 1.82) is 0 Å². The zero-order valence-electron chi connectivity index (χ0n) is 7.49. The summed E-state index contributed by atoms with van der Waals surface area (Å²) >= 11 is 0. The van der Waals surface area contributed by atoms with Crippen molar-refractivity contribution in [3.63, 3.8) is 0 Å². The van der Waals surface area contributed by atoms with Crippen LogP contribution in [0.5, 0.6) is 0 Å². The number of rotatable bonds is 3. The van der Waals surface area contributed by atoms with Crippen molar-refractivity contribution in [3.8, 4) is 0 Å². The monoisotopic (exact) mass is 188 g/mol. The lowest BCUT2D eigenvalue weighted by atomic mass is 10.2. The quantitative estimate of drug-likeness (QED) is 0.627. The Balaban J connectivity index is 2.29. The number of ether oxygens (including phenoxy) is 1. The highest BCUT2D eigenvalue weighted by molar-refractivity contribution is 7.85. The van der Waals surface area contributed by atoms with Crippen LogP contribution in [0.25, 0.3) is 0 Å². The van der Waals surface area contributed by atoms with Gasteiger partial charge in [0, 0.05) is 35.0 Å². The number of hydrogen-bond acceptors (Lipinski definition) is 2. The summed E-state index contributed by atoms with van der Waals surface area (Å²) in [6, 6.07) is 0. The first-order valence-corrected chi connectivity index (χ1v) is 5.79. The zero-order chi connectivity index (χ0) is 8.81. The van der Waals surface area contributed by atoms with Gasteiger partial charge in [-0.15, -0.1) is 0 Å². The number of hydrogen-bond donors (Lipinski definition) is 0. The summed E-state index contributed by atoms with van der Waals surface area (Å²) in [5.74, 6) is 0.709. The van der Waals surface area contributed by atoms with E-state index in [1.165, 1.54) is 0 Å². The van der Waals surface area contributed by atoms with Crippen LogP contribution in [-0.2, 0) is 15.5 Å². The first kappa shape index (κ1) is 9.93. The smallest absolute Gasteiger partial charge is 0.0477 e. The van der Waals surface area contributed by atoms with Gasteiger partial charge >= 0.3 is 0 Å². The summed E-state index contributed by atoms with van der Waals surface area (Å²) in [6.45, 7) is 3.53. The van der Waals surface area contributed by atoms with Gasteiger partial charge in [-0.05, 0) is 19.8 Å². The molecule has 0 aliphatic carbocycles. The lowest BCUT2D eigenvalue weighted by Crippen LogP contribution is -2.25. The van der Waals surface area contributed by atoms with E-state index in [1.807, 2.05) is 19.1 Å². The molecule has 1 atom stereocenters. The minimum atomic E-state index is -0.673. The Morgan fingerprint density at radius 2 is 2.17 bits per heavy atom. The Kier molecular flexibility index (Phi) is 4.54. The molecule has 0 aromatic carbocycles. The van der Waals surface area contributed by atoms with E-state index in [4.69, 9.17) is 4.74 Å². The fourth-order valence-corrected chi connectivity index (χ4v) is 2.64. The summed E-state index contributed by atoms with van der Waals surface area (Å²) in [7, 11) is -0.673. The predicted molar refractivity (Wildman–Crippen MR) is 51.7 cm³/mol. The van der Waals surface area contributed by atoms with Crippen molar-refractivity contribution in [2.45, 2.75) is 25.0 Å². The van der Waals surface area contributed by atoms with E-state index in [2.05, 4.69) is 0 Å². The maximum atomic E-state index is 11.6. The Bertz CT molecular complexity index is 171. The topological polar surface area (TPSA) is 26.3 Å². The molecule has 70 valence electrons. The maximum Gasteiger partial charge on any atom is 0.0477 e. The molecule has 0 saturated carbocycles. The molecule has 0 bridgehead atoms. The van der Waals surface area contributed by atoms with Crippen LogP contribution in [0.3, 0.4) is 0 Å². The van der Waals surface area contributed by atoms with E-state index < -0.39 is 10.8 Å². The first-order chi connectivity index (χ1) is 5.84. The Labute approximate surface area is 76.5 Å². The van der Waals surface area contributed by atoms with Gasteiger partial charge < -0.3 is 4.74 Å². The predicted octanol–water partition coefficient (Wildman–Crippen LogP) is 1.49. The first-order valence-electron chi connectivity index (χ1n) is 4.40. The SMILES string of the molecule is C/C=C/CS(=O)C1CCOCC1. The molecule has 0 aromatic rings. The molecule has 1 aliphatic heterocycles. The molecule has 0 radical (unpaired) electrons. The van der Waals surface area contributed by atoms with Crippen LogP contribution in [0.4, 0.5) is 0 Å². The summed E-state index contributed by atoms with van der Waals surface area (Å²) < 4.78 is 16.8. The summed E-state index contributed by atoms with van der Waals surface area (Å²) in [5, 5.41) is 0.370. The molecule has 1 rings (SSSR count). The highest BCUT2D eigenvalue weighted by Crippen LogP contribution is 2.13. The second-order valence-corrected chi connectivity index (χ2v) is 4.69. The molecular formula is C9H16O2S. The van der Waals surface area contributed by atoms with Gasteiger partial charge in [0.15, 0.2) is 0 Å². The van der Waals surface area contributed by atoms with E-state index >= 15 is 0 Å². The molecule has 1 unspecified atom stereocenters. The highest BCUT2D eigenvalue weighted by Gasteiger charge is 2.18. The van der Waals surface area contributed by atoms with Gasteiger partial charge in [-0.25, -0.2) is 0 Å². The zero-order valence-corrected chi connectivity index (χ0v) is 8.31. The molecule has 0 spiro atoms. The molecule has 0 amide bonds. The largest absolute Gasteiger partial charge is 0.381 e. The lowest BCUT2D eigenvalue weighted by molar-refractivity contribution is 0.0992. The van der Waals surface area contributed by atoms with E-state index in [0.29, 0.717) is 11.0 Å². The van der Waals surface area contributed by atoms with Crippen molar-refractivity contribution < 1.29 is 8.95 Å². The molecule has 1 saturated heterocycles. The van der Waals surface area contributed by atoms with Crippen molar-refractivity contribution in [2.24, 2.45) is 0 Å². The molecule has 0 N–H and O–H groups in total. The van der Waals surface area contributed by atoms with Crippen LogP contribution in [0, 0.1) is 0 Å². The van der Waals surface area contributed by atoms with E-state index in [1.54, 1.807) is 0 Å².